The van der Waals surface area contributed by atoms with Crippen molar-refractivity contribution in [3.63, 3.8) is 0 Å². The third kappa shape index (κ3) is 6.74. The summed E-state index contributed by atoms with van der Waals surface area (Å²) >= 11 is 0. The largest absolute Gasteiger partial charge is 0.377 e. The third-order valence-corrected chi connectivity index (χ3v) is 3.73. The second kappa shape index (κ2) is 9.53. The minimum absolute atomic E-state index is 0.128. The molecule has 0 spiro atoms. The van der Waals surface area contributed by atoms with Crippen LogP contribution in [-0.2, 0) is 16.0 Å². The molecule has 1 atom stereocenters. The van der Waals surface area contributed by atoms with Crippen LogP contribution in [-0.4, -0.2) is 38.3 Å². The fourth-order valence-corrected chi connectivity index (χ4v) is 2.52. The van der Waals surface area contributed by atoms with Gasteiger partial charge in [0.15, 0.2) is 0 Å². The van der Waals surface area contributed by atoms with E-state index in [1.165, 1.54) is 5.56 Å². The Kier molecular flexibility index (Phi) is 7.25. The first kappa shape index (κ1) is 16.0. The lowest BCUT2D eigenvalue weighted by Gasteiger charge is -2.10. The van der Waals surface area contributed by atoms with E-state index in [1.807, 2.05) is 18.2 Å². The maximum absolute atomic E-state index is 11.7. The van der Waals surface area contributed by atoms with Crippen molar-refractivity contribution < 1.29 is 9.53 Å². The molecule has 0 radical (unpaired) electrons. The van der Waals surface area contributed by atoms with Gasteiger partial charge in [-0.3, -0.25) is 4.79 Å². The Labute approximate surface area is 127 Å². The predicted octanol–water partition coefficient (Wildman–Crippen LogP) is 1.89. The lowest BCUT2D eigenvalue weighted by Crippen LogP contribution is -2.32. The van der Waals surface area contributed by atoms with Crippen LogP contribution in [0.5, 0.6) is 0 Å². The van der Waals surface area contributed by atoms with Gasteiger partial charge in [0.25, 0.3) is 0 Å². The van der Waals surface area contributed by atoms with E-state index in [4.69, 9.17) is 4.74 Å². The molecule has 0 aliphatic carbocycles. The molecule has 1 fully saturated rings. The maximum Gasteiger partial charge on any atom is 0.221 e. The van der Waals surface area contributed by atoms with Crippen LogP contribution >= 0.6 is 0 Å². The molecular formula is C17H26N2O2. The normalized spacial score (nSPS) is 17.8. The van der Waals surface area contributed by atoms with E-state index in [0.717, 1.165) is 51.9 Å². The van der Waals surface area contributed by atoms with E-state index in [9.17, 15) is 4.79 Å². The zero-order valence-corrected chi connectivity index (χ0v) is 12.6. The Morgan fingerprint density at radius 1 is 1.24 bits per heavy atom. The fourth-order valence-electron chi connectivity index (χ4n) is 2.52. The van der Waals surface area contributed by atoms with Gasteiger partial charge in [0, 0.05) is 32.7 Å². The van der Waals surface area contributed by atoms with Crippen molar-refractivity contribution >= 4 is 5.91 Å². The molecule has 1 heterocycles. The Balaban J connectivity index is 1.44. The molecule has 1 amide bonds. The van der Waals surface area contributed by atoms with Crippen LogP contribution in [0.25, 0.3) is 0 Å². The summed E-state index contributed by atoms with van der Waals surface area (Å²) in [5.74, 6) is 0.128. The van der Waals surface area contributed by atoms with E-state index in [-0.39, 0.29) is 5.91 Å². The number of ether oxygens (including phenoxy) is 1. The van der Waals surface area contributed by atoms with Gasteiger partial charge in [-0.25, -0.2) is 0 Å². The van der Waals surface area contributed by atoms with E-state index < -0.39 is 0 Å². The van der Waals surface area contributed by atoms with Crippen molar-refractivity contribution in [2.24, 2.45) is 0 Å². The Morgan fingerprint density at radius 2 is 2.10 bits per heavy atom. The van der Waals surface area contributed by atoms with Crippen LogP contribution < -0.4 is 10.6 Å². The first-order valence-electron chi connectivity index (χ1n) is 7.97. The smallest absolute Gasteiger partial charge is 0.221 e. The van der Waals surface area contributed by atoms with Crippen molar-refractivity contribution in [1.29, 1.82) is 0 Å². The lowest BCUT2D eigenvalue weighted by molar-refractivity contribution is -0.121. The summed E-state index contributed by atoms with van der Waals surface area (Å²) < 4.78 is 5.52. The van der Waals surface area contributed by atoms with E-state index in [1.54, 1.807) is 0 Å². The minimum Gasteiger partial charge on any atom is -0.377 e. The van der Waals surface area contributed by atoms with Gasteiger partial charge in [-0.05, 0) is 31.2 Å². The van der Waals surface area contributed by atoms with Gasteiger partial charge in [0.1, 0.15) is 0 Å². The number of amides is 1. The molecule has 4 heteroatoms. The SMILES string of the molecule is O=C(CCNCC1CCCO1)NCCCc1ccccc1. The first-order chi connectivity index (χ1) is 10.3. The van der Waals surface area contributed by atoms with Gasteiger partial charge >= 0.3 is 0 Å². The van der Waals surface area contributed by atoms with Crippen LogP contribution in [0.3, 0.4) is 0 Å². The molecule has 2 rings (SSSR count). The van der Waals surface area contributed by atoms with Gasteiger partial charge in [-0.1, -0.05) is 30.3 Å². The number of hydrogen-bond donors (Lipinski definition) is 2. The summed E-state index contributed by atoms with van der Waals surface area (Å²) in [6.45, 7) is 3.22. The summed E-state index contributed by atoms with van der Waals surface area (Å²) in [5, 5.41) is 6.26. The summed E-state index contributed by atoms with van der Waals surface area (Å²) in [6.07, 6.45) is 5.18. The van der Waals surface area contributed by atoms with Crippen molar-refractivity contribution in [2.75, 3.05) is 26.2 Å². The predicted molar refractivity (Wildman–Crippen MR) is 84.2 cm³/mol. The average Bonchev–Trinajstić information content (AvgIpc) is 3.02. The number of hydrogen-bond acceptors (Lipinski definition) is 3. The molecular weight excluding hydrogens is 264 g/mol. The van der Waals surface area contributed by atoms with Gasteiger partial charge in [0.2, 0.25) is 5.91 Å². The molecule has 0 saturated carbocycles. The number of rotatable bonds is 9. The minimum atomic E-state index is 0.128. The van der Waals surface area contributed by atoms with Crippen LogP contribution in [0.15, 0.2) is 30.3 Å². The molecule has 1 saturated heterocycles. The van der Waals surface area contributed by atoms with Crippen molar-refractivity contribution in [1.82, 2.24) is 10.6 Å². The number of carbonyl (C=O) groups excluding carboxylic acids is 1. The highest BCUT2D eigenvalue weighted by Gasteiger charge is 2.14. The molecule has 4 nitrogen and oxygen atoms in total. The van der Waals surface area contributed by atoms with Crippen LogP contribution in [0.4, 0.5) is 0 Å². The Bertz CT molecular complexity index is 403. The van der Waals surface area contributed by atoms with Crippen LogP contribution in [0.2, 0.25) is 0 Å². The summed E-state index contributed by atoms with van der Waals surface area (Å²) in [5.41, 5.74) is 1.32. The van der Waals surface area contributed by atoms with Gasteiger partial charge in [-0.15, -0.1) is 0 Å². The number of benzene rings is 1. The van der Waals surface area contributed by atoms with Gasteiger partial charge < -0.3 is 15.4 Å². The van der Waals surface area contributed by atoms with Crippen molar-refractivity contribution in [3.8, 4) is 0 Å². The van der Waals surface area contributed by atoms with Crippen LogP contribution in [0.1, 0.15) is 31.2 Å². The molecule has 1 aliphatic heterocycles. The van der Waals surface area contributed by atoms with Gasteiger partial charge in [0.05, 0.1) is 6.10 Å². The summed E-state index contributed by atoms with van der Waals surface area (Å²) in [7, 11) is 0. The second-order valence-corrected chi connectivity index (χ2v) is 5.53. The molecule has 116 valence electrons. The quantitative estimate of drug-likeness (QED) is 0.683. The summed E-state index contributed by atoms with van der Waals surface area (Å²) in [6, 6.07) is 10.4. The zero-order chi connectivity index (χ0) is 14.8. The lowest BCUT2D eigenvalue weighted by atomic mass is 10.1. The van der Waals surface area contributed by atoms with E-state index in [2.05, 4.69) is 22.8 Å². The van der Waals surface area contributed by atoms with Crippen molar-refractivity contribution in [2.45, 2.75) is 38.2 Å². The molecule has 1 aromatic rings. The summed E-state index contributed by atoms with van der Waals surface area (Å²) in [4.78, 5) is 11.7. The fraction of sp³-hybridized carbons (Fsp3) is 0.588. The number of aryl methyl sites for hydroxylation is 1. The molecule has 21 heavy (non-hydrogen) atoms. The molecule has 2 N–H and O–H groups in total. The third-order valence-electron chi connectivity index (χ3n) is 3.73. The highest BCUT2D eigenvalue weighted by molar-refractivity contribution is 5.75. The molecule has 1 aliphatic rings. The highest BCUT2D eigenvalue weighted by atomic mass is 16.5. The first-order valence-corrected chi connectivity index (χ1v) is 7.97. The molecule has 0 bridgehead atoms. The second-order valence-electron chi connectivity index (χ2n) is 5.53. The zero-order valence-electron chi connectivity index (χ0n) is 12.6. The van der Waals surface area contributed by atoms with Gasteiger partial charge in [-0.2, -0.15) is 0 Å². The monoisotopic (exact) mass is 290 g/mol. The highest BCUT2D eigenvalue weighted by Crippen LogP contribution is 2.10. The average molecular weight is 290 g/mol. The topological polar surface area (TPSA) is 50.4 Å². The van der Waals surface area contributed by atoms with E-state index >= 15 is 0 Å². The number of carbonyl (C=O) groups is 1. The Hall–Kier alpha value is -1.39. The maximum atomic E-state index is 11.7. The number of nitrogens with one attached hydrogen (secondary N) is 2. The standard InChI is InChI=1S/C17H26N2O2/c20-17(10-12-18-14-16-9-5-13-21-16)19-11-4-8-15-6-2-1-3-7-15/h1-3,6-7,16,18H,4-5,8-14H2,(H,19,20). The Morgan fingerprint density at radius 3 is 2.86 bits per heavy atom. The molecule has 1 aromatic carbocycles. The molecule has 0 aromatic heterocycles. The molecule has 1 unspecified atom stereocenters. The van der Waals surface area contributed by atoms with Crippen molar-refractivity contribution in [3.05, 3.63) is 35.9 Å². The van der Waals surface area contributed by atoms with E-state index in [0.29, 0.717) is 12.5 Å². The van der Waals surface area contributed by atoms with Crippen LogP contribution in [0, 0.1) is 0 Å².